The highest BCUT2D eigenvalue weighted by atomic mass is 16.5. The largest absolute Gasteiger partial charge is 0.465 e. The summed E-state index contributed by atoms with van der Waals surface area (Å²) >= 11 is 0. The van der Waals surface area contributed by atoms with Gasteiger partial charge in [-0.2, -0.15) is 5.10 Å². The highest BCUT2D eigenvalue weighted by Crippen LogP contribution is 2.20. The zero-order valence-corrected chi connectivity index (χ0v) is 9.30. The molecule has 2 aromatic heterocycles. The van der Waals surface area contributed by atoms with Crippen molar-refractivity contribution in [3.8, 4) is 11.3 Å². The summed E-state index contributed by atoms with van der Waals surface area (Å²) in [6.45, 7) is 0.369. The number of hydrogen-bond donors (Lipinski definition) is 2. The van der Waals surface area contributed by atoms with Gasteiger partial charge in [0.2, 0.25) is 0 Å². The van der Waals surface area contributed by atoms with Crippen LogP contribution in [-0.2, 0) is 11.3 Å². The van der Waals surface area contributed by atoms with Crippen LogP contribution in [0.1, 0.15) is 15.9 Å². The maximum Gasteiger partial charge on any atom is 0.339 e. The molecular formula is C11H12N4O2. The van der Waals surface area contributed by atoms with Gasteiger partial charge in [0.15, 0.2) is 0 Å². The molecule has 2 aromatic rings. The van der Waals surface area contributed by atoms with Crippen molar-refractivity contribution in [2.75, 3.05) is 7.11 Å². The lowest BCUT2D eigenvalue weighted by Crippen LogP contribution is -2.02. The summed E-state index contributed by atoms with van der Waals surface area (Å²) in [5.41, 5.74) is 8.37. The molecule has 3 N–H and O–H groups in total. The lowest BCUT2D eigenvalue weighted by atomic mass is 10.1. The second-order valence-corrected chi connectivity index (χ2v) is 3.43. The number of nitrogens with zero attached hydrogens (tertiary/aromatic N) is 2. The summed E-state index contributed by atoms with van der Waals surface area (Å²) in [7, 11) is 1.33. The van der Waals surface area contributed by atoms with Gasteiger partial charge in [-0.15, -0.1) is 0 Å². The topological polar surface area (TPSA) is 93.9 Å². The van der Waals surface area contributed by atoms with Crippen molar-refractivity contribution < 1.29 is 9.53 Å². The molecule has 0 amide bonds. The number of aromatic amines is 1. The molecule has 0 aliphatic heterocycles. The van der Waals surface area contributed by atoms with Crippen molar-refractivity contribution in [1.82, 2.24) is 15.2 Å². The molecule has 0 atom stereocenters. The number of carbonyl (C=O) groups excluding carboxylic acids is 1. The van der Waals surface area contributed by atoms with Gasteiger partial charge in [0, 0.05) is 30.1 Å². The normalized spacial score (nSPS) is 10.2. The van der Waals surface area contributed by atoms with Crippen LogP contribution in [-0.4, -0.2) is 28.3 Å². The van der Waals surface area contributed by atoms with Crippen LogP contribution in [0, 0.1) is 0 Å². The first-order chi connectivity index (χ1) is 8.26. The maximum atomic E-state index is 11.4. The summed E-state index contributed by atoms with van der Waals surface area (Å²) < 4.78 is 4.64. The van der Waals surface area contributed by atoms with E-state index < -0.39 is 5.97 Å². The molecule has 2 rings (SSSR count). The molecular weight excluding hydrogens is 220 g/mol. The number of nitrogens with two attached hydrogens (primary N) is 1. The molecule has 6 heteroatoms. The smallest absolute Gasteiger partial charge is 0.339 e. The van der Waals surface area contributed by atoms with E-state index in [2.05, 4.69) is 19.9 Å². The quantitative estimate of drug-likeness (QED) is 0.760. The average molecular weight is 232 g/mol. The molecule has 0 fully saturated rings. The van der Waals surface area contributed by atoms with Gasteiger partial charge in [0.25, 0.3) is 0 Å². The molecule has 6 nitrogen and oxygen atoms in total. The van der Waals surface area contributed by atoms with E-state index >= 15 is 0 Å². The first kappa shape index (κ1) is 11.3. The second-order valence-electron chi connectivity index (χ2n) is 3.43. The molecule has 0 spiro atoms. The third kappa shape index (κ3) is 2.16. The van der Waals surface area contributed by atoms with E-state index in [9.17, 15) is 4.79 Å². The van der Waals surface area contributed by atoms with Crippen molar-refractivity contribution in [3.05, 3.63) is 35.8 Å². The van der Waals surface area contributed by atoms with E-state index in [1.54, 1.807) is 18.5 Å². The number of rotatable bonds is 3. The minimum absolute atomic E-state index is 0.369. The van der Waals surface area contributed by atoms with Crippen molar-refractivity contribution in [1.29, 1.82) is 0 Å². The number of carbonyl (C=O) groups is 1. The molecule has 0 unspecified atom stereocenters. The van der Waals surface area contributed by atoms with Crippen molar-refractivity contribution in [2.24, 2.45) is 5.73 Å². The molecule has 0 bridgehead atoms. The van der Waals surface area contributed by atoms with Gasteiger partial charge in [-0.05, 0) is 6.07 Å². The number of hydrogen-bond acceptors (Lipinski definition) is 5. The third-order valence-electron chi connectivity index (χ3n) is 2.39. The summed E-state index contributed by atoms with van der Waals surface area (Å²) in [5.74, 6) is -0.423. The van der Waals surface area contributed by atoms with Crippen LogP contribution in [0.5, 0.6) is 0 Å². The van der Waals surface area contributed by atoms with E-state index in [0.717, 1.165) is 16.8 Å². The van der Waals surface area contributed by atoms with Gasteiger partial charge in [-0.25, -0.2) is 4.79 Å². The summed E-state index contributed by atoms with van der Waals surface area (Å²) in [5, 5.41) is 6.75. The van der Waals surface area contributed by atoms with Crippen LogP contribution in [0.25, 0.3) is 11.3 Å². The van der Waals surface area contributed by atoms with Gasteiger partial charge >= 0.3 is 5.97 Å². The van der Waals surface area contributed by atoms with Crippen LogP contribution < -0.4 is 5.73 Å². The Balaban J connectivity index is 2.43. The van der Waals surface area contributed by atoms with Gasteiger partial charge in [-0.1, -0.05) is 0 Å². The number of nitrogens with one attached hydrogen (secondary N) is 1. The van der Waals surface area contributed by atoms with Crippen molar-refractivity contribution in [3.63, 3.8) is 0 Å². The van der Waals surface area contributed by atoms with Crippen molar-refractivity contribution >= 4 is 5.97 Å². The zero-order valence-electron chi connectivity index (χ0n) is 9.30. The Morgan fingerprint density at radius 3 is 3.00 bits per heavy atom. The Labute approximate surface area is 97.8 Å². The van der Waals surface area contributed by atoms with E-state index in [1.165, 1.54) is 13.3 Å². The van der Waals surface area contributed by atoms with Crippen LogP contribution in [0.2, 0.25) is 0 Å². The molecule has 0 aliphatic carbocycles. The minimum atomic E-state index is -0.423. The monoisotopic (exact) mass is 232 g/mol. The summed E-state index contributed by atoms with van der Waals surface area (Å²) in [4.78, 5) is 15.4. The first-order valence-corrected chi connectivity index (χ1v) is 5.02. The van der Waals surface area contributed by atoms with Gasteiger partial charge in [-0.3, -0.25) is 10.1 Å². The van der Waals surface area contributed by atoms with Crippen LogP contribution >= 0.6 is 0 Å². The molecule has 0 aromatic carbocycles. The van der Waals surface area contributed by atoms with E-state index in [0.29, 0.717) is 12.1 Å². The Morgan fingerprint density at radius 2 is 2.29 bits per heavy atom. The fourth-order valence-electron chi connectivity index (χ4n) is 1.52. The predicted molar refractivity (Wildman–Crippen MR) is 61.0 cm³/mol. The van der Waals surface area contributed by atoms with Crippen LogP contribution in [0.15, 0.2) is 24.7 Å². The Hall–Kier alpha value is -2.21. The first-order valence-electron chi connectivity index (χ1n) is 5.02. The lowest BCUT2D eigenvalue weighted by Gasteiger charge is -2.03. The van der Waals surface area contributed by atoms with Crippen LogP contribution in [0.3, 0.4) is 0 Å². The standard InChI is InChI=1S/C11H12N4O2/c1-17-11(16)8-2-7(4-13-5-8)10-9(3-12)6-14-15-10/h2,4-6H,3,12H2,1H3,(H,14,15). The highest BCUT2D eigenvalue weighted by molar-refractivity contribution is 5.90. The maximum absolute atomic E-state index is 11.4. The third-order valence-corrected chi connectivity index (χ3v) is 2.39. The van der Waals surface area contributed by atoms with E-state index in [4.69, 9.17) is 5.73 Å². The minimum Gasteiger partial charge on any atom is -0.465 e. The van der Waals surface area contributed by atoms with Gasteiger partial charge in [0.1, 0.15) is 0 Å². The molecule has 0 saturated carbocycles. The molecule has 0 radical (unpaired) electrons. The molecule has 17 heavy (non-hydrogen) atoms. The second kappa shape index (κ2) is 4.75. The van der Waals surface area contributed by atoms with Gasteiger partial charge < -0.3 is 10.5 Å². The number of ether oxygens (including phenoxy) is 1. The summed E-state index contributed by atoms with van der Waals surface area (Å²) in [6, 6.07) is 1.69. The van der Waals surface area contributed by atoms with Crippen LogP contribution in [0.4, 0.5) is 0 Å². The number of methoxy groups -OCH3 is 1. The van der Waals surface area contributed by atoms with Crippen molar-refractivity contribution in [2.45, 2.75) is 6.54 Å². The molecule has 0 saturated heterocycles. The SMILES string of the molecule is COC(=O)c1cncc(-c2[nH]ncc2CN)c1. The molecule has 88 valence electrons. The Bertz CT molecular complexity index is 536. The number of pyridine rings is 1. The summed E-state index contributed by atoms with van der Waals surface area (Å²) in [6.07, 6.45) is 4.74. The number of esters is 1. The van der Waals surface area contributed by atoms with E-state index in [-0.39, 0.29) is 0 Å². The fourth-order valence-corrected chi connectivity index (χ4v) is 1.52. The van der Waals surface area contributed by atoms with Gasteiger partial charge in [0.05, 0.1) is 24.6 Å². The number of aromatic nitrogens is 3. The molecule has 2 heterocycles. The number of H-pyrrole nitrogens is 1. The average Bonchev–Trinajstić information content (AvgIpc) is 2.86. The Kier molecular flexibility index (Phi) is 3.15. The highest BCUT2D eigenvalue weighted by Gasteiger charge is 2.11. The zero-order chi connectivity index (χ0) is 12.3. The molecule has 0 aliphatic rings. The Morgan fingerprint density at radius 1 is 1.47 bits per heavy atom. The lowest BCUT2D eigenvalue weighted by molar-refractivity contribution is 0.0600. The fraction of sp³-hybridized carbons (Fsp3) is 0.182. The van der Waals surface area contributed by atoms with E-state index in [1.807, 2.05) is 0 Å². The predicted octanol–water partition coefficient (Wildman–Crippen LogP) is 0.717.